The molecule has 0 aliphatic heterocycles. The molecule has 4 aromatic heterocycles. The van der Waals surface area contributed by atoms with E-state index in [0.717, 1.165) is 80.0 Å². The van der Waals surface area contributed by atoms with Crippen molar-refractivity contribution in [1.82, 2.24) is 40.0 Å². The number of rotatable bonds is 29. The van der Waals surface area contributed by atoms with Crippen molar-refractivity contribution in [3.63, 3.8) is 0 Å². The zero-order chi connectivity index (χ0) is 72.0. The molecule has 8 aromatic rings. The molecule has 4 heterocycles. The number of ether oxygens (including phenoxy) is 2. The number of nitrogens with zero attached hydrogens (tertiary/aromatic N) is 11. The van der Waals surface area contributed by atoms with Gasteiger partial charge in [-0.15, -0.1) is 0 Å². The average Bonchev–Trinajstić information content (AvgIpc) is 0.952. The summed E-state index contributed by atoms with van der Waals surface area (Å²) >= 11 is -1.50. The zero-order valence-electron chi connectivity index (χ0n) is 56.2. The van der Waals surface area contributed by atoms with Crippen LogP contribution in [-0.2, 0) is 65.4 Å². The Morgan fingerprint density at radius 1 is 0.551 bits per heavy atom. The highest BCUT2D eigenvalue weighted by Crippen LogP contribution is 2.33. The van der Waals surface area contributed by atoms with E-state index < -0.39 is 53.3 Å². The summed E-state index contributed by atoms with van der Waals surface area (Å²) in [7, 11) is -3.33. The second-order valence-corrected chi connectivity index (χ2v) is 28.4. The Kier molecular flexibility index (Phi) is 32.0. The summed E-state index contributed by atoms with van der Waals surface area (Å²) in [5, 5.41) is 10.9. The number of nitrogen functional groups attached to an aromatic ring is 2. The van der Waals surface area contributed by atoms with Gasteiger partial charge < -0.3 is 39.8 Å². The lowest BCUT2D eigenvalue weighted by molar-refractivity contribution is 0.0597. The number of carbonyl (C=O) groups excluding carboxylic acids is 2. The van der Waals surface area contributed by atoms with Crippen molar-refractivity contribution in [3.8, 4) is 67.9 Å². The topological polar surface area (TPSA) is 400 Å². The van der Waals surface area contributed by atoms with Crippen molar-refractivity contribution >= 4 is 66.6 Å². The summed E-state index contributed by atoms with van der Waals surface area (Å²) in [6.45, 7) is 14.1. The number of aromatic nitrogens is 6. The standard InChI is InChI=1S/C34H43N5O5S.C33H40N8O5S.2O2S/c1-6-8-9-10-11-27(7-2)43-34(40)39(5)22-24-12-14-25(15-13-24)29-20-31(44-38-29)32-33(35)36-21-30(37-32)26-16-18-28(19-17-26)45(41,42)23(3)4;1-5-26(9-7-6-8-18-37-40-35)45-33(42)41(4)21-23-10-12-24(13-11-23)28-19-30(46-39-28)31-32(34)36-20-29(38-31)25-14-16-27(17-15-25)47(43,44)22(2)3;2*1-3-2/h12-21,23,27H,6-11,22H2,1-5H3,(H2,35,36);10-17,19-20,22,26H,5-9,18,21H2,1-4H3,(H2,34,36);;. The highest BCUT2D eigenvalue weighted by molar-refractivity contribution is 7.92. The summed E-state index contributed by atoms with van der Waals surface area (Å²) in [4.78, 5) is 49.6. The van der Waals surface area contributed by atoms with Gasteiger partial charge in [-0.3, -0.25) is 0 Å². The molecular weight excluding hydrogens is 1340 g/mol. The fourth-order valence-electron chi connectivity index (χ4n) is 9.63. The minimum Gasteiger partial charge on any atom is -0.446 e. The molecule has 2 amide bonds. The van der Waals surface area contributed by atoms with Gasteiger partial charge >= 0.3 is 35.3 Å². The molecule has 0 aliphatic carbocycles. The van der Waals surface area contributed by atoms with Gasteiger partial charge in [0.05, 0.1) is 44.1 Å². The van der Waals surface area contributed by atoms with E-state index in [2.05, 4.69) is 47.2 Å². The molecule has 0 bridgehead atoms. The molecule has 98 heavy (non-hydrogen) atoms. The minimum atomic E-state index is -3.39. The van der Waals surface area contributed by atoms with Gasteiger partial charge in [0.2, 0.25) is 0 Å². The number of anilines is 2. The van der Waals surface area contributed by atoms with Crippen molar-refractivity contribution in [2.45, 2.75) is 165 Å². The highest BCUT2D eigenvalue weighted by Gasteiger charge is 2.24. The van der Waals surface area contributed by atoms with Gasteiger partial charge in [0.15, 0.2) is 54.2 Å². The minimum absolute atomic E-state index is 0.0611. The molecule has 8 rings (SSSR count). The number of hydrogen-bond donors (Lipinski definition) is 2. The first kappa shape index (κ1) is 79.1. The van der Waals surface area contributed by atoms with Crippen LogP contribution in [0.3, 0.4) is 0 Å². The van der Waals surface area contributed by atoms with Crippen LogP contribution in [0.15, 0.2) is 146 Å². The van der Waals surface area contributed by atoms with Crippen LogP contribution in [0, 0.1) is 0 Å². The van der Waals surface area contributed by atoms with E-state index >= 15 is 0 Å². The van der Waals surface area contributed by atoms with Gasteiger partial charge in [-0.1, -0.05) is 135 Å². The van der Waals surface area contributed by atoms with E-state index in [1.165, 1.54) is 25.2 Å². The maximum Gasteiger partial charge on any atom is 0.410 e. The number of unbranched alkanes of at least 4 members (excludes halogenated alkanes) is 5. The first-order valence-corrected chi connectivity index (χ1v) is 36.1. The molecule has 31 heteroatoms. The molecule has 4 N–H and O–H groups in total. The number of nitrogens with two attached hydrogens (primary N) is 2. The fourth-order valence-corrected chi connectivity index (χ4v) is 11.7. The Labute approximate surface area is 578 Å². The Balaban J connectivity index is 0.000000328. The third-order valence-corrected chi connectivity index (χ3v) is 19.8. The Morgan fingerprint density at radius 2 is 0.898 bits per heavy atom. The van der Waals surface area contributed by atoms with E-state index in [9.17, 15) is 26.4 Å². The Morgan fingerprint density at radius 3 is 1.23 bits per heavy atom. The molecule has 0 saturated carbocycles. The molecule has 0 radical (unpaired) electrons. The number of benzene rings is 4. The van der Waals surface area contributed by atoms with Crippen molar-refractivity contribution in [3.05, 3.63) is 143 Å². The van der Waals surface area contributed by atoms with Crippen LogP contribution in [0.5, 0.6) is 0 Å². The third-order valence-electron chi connectivity index (χ3n) is 15.4. The van der Waals surface area contributed by atoms with Gasteiger partial charge in [0.25, 0.3) is 0 Å². The summed E-state index contributed by atoms with van der Waals surface area (Å²) in [6, 6.07) is 31.8. The fraction of sp³-hybridized carbons (Fsp3) is 0.403. The number of sulfone groups is 2. The van der Waals surface area contributed by atoms with Crippen LogP contribution in [-0.4, -0.2) is 129 Å². The van der Waals surface area contributed by atoms with Gasteiger partial charge in [0, 0.05) is 73.0 Å². The van der Waals surface area contributed by atoms with E-state index in [0.29, 0.717) is 76.4 Å². The van der Waals surface area contributed by atoms with Crippen LogP contribution < -0.4 is 11.5 Å². The second-order valence-electron chi connectivity index (χ2n) is 23.1. The van der Waals surface area contributed by atoms with Crippen molar-refractivity contribution in [2.24, 2.45) is 5.11 Å². The molecule has 4 aromatic carbocycles. The monoisotopic (exact) mass is 1420 g/mol. The molecular formula is C67H83N13O14S4. The van der Waals surface area contributed by atoms with Gasteiger partial charge in [-0.05, 0) is 114 Å². The van der Waals surface area contributed by atoms with Gasteiger partial charge in [0.1, 0.15) is 23.6 Å². The maximum absolute atomic E-state index is 12.7. The van der Waals surface area contributed by atoms with E-state index in [1.807, 2.05) is 62.4 Å². The molecule has 0 fully saturated rings. The predicted octanol–water partition coefficient (Wildman–Crippen LogP) is 13.7. The number of azide groups is 1. The van der Waals surface area contributed by atoms with Crippen molar-refractivity contribution in [1.29, 1.82) is 0 Å². The van der Waals surface area contributed by atoms with Crippen molar-refractivity contribution < 1.29 is 61.8 Å². The number of amides is 2. The van der Waals surface area contributed by atoms with Crippen molar-refractivity contribution in [2.75, 3.05) is 32.1 Å². The van der Waals surface area contributed by atoms with Gasteiger partial charge in [-0.2, -0.15) is 16.8 Å². The summed E-state index contributed by atoms with van der Waals surface area (Å²) in [6.07, 6.45) is 12.6. The lowest BCUT2D eigenvalue weighted by Gasteiger charge is -2.22. The largest absolute Gasteiger partial charge is 0.446 e. The lowest BCUT2D eigenvalue weighted by Crippen LogP contribution is -2.30. The number of hydrogen-bond acceptors (Lipinski definition) is 23. The van der Waals surface area contributed by atoms with E-state index in [1.54, 1.807) is 112 Å². The average molecular weight is 1420 g/mol. The molecule has 0 spiro atoms. The summed E-state index contributed by atoms with van der Waals surface area (Å²) < 4.78 is 106. The highest BCUT2D eigenvalue weighted by atomic mass is 32.2. The molecule has 0 saturated heterocycles. The first-order chi connectivity index (χ1) is 46.9. The molecule has 0 aliphatic rings. The normalized spacial score (nSPS) is 11.7. The Hall–Kier alpha value is -9.55. The third kappa shape index (κ3) is 23.3. The molecule has 27 nitrogen and oxygen atoms in total. The van der Waals surface area contributed by atoms with Crippen LogP contribution in [0.1, 0.15) is 130 Å². The zero-order valence-corrected chi connectivity index (χ0v) is 59.4. The number of carbonyl (C=O) groups is 2. The predicted molar refractivity (Wildman–Crippen MR) is 373 cm³/mol. The smallest absolute Gasteiger partial charge is 0.410 e. The van der Waals surface area contributed by atoms with Crippen LogP contribution >= 0.6 is 0 Å². The van der Waals surface area contributed by atoms with Crippen LogP contribution in [0.25, 0.3) is 78.4 Å². The molecule has 524 valence electrons. The van der Waals surface area contributed by atoms with Crippen LogP contribution in [0.4, 0.5) is 21.2 Å². The van der Waals surface area contributed by atoms with Gasteiger partial charge in [-0.25, -0.2) is 46.4 Å². The summed E-state index contributed by atoms with van der Waals surface area (Å²) in [5.74, 6) is 1.02. The Bertz CT molecular complexity index is 4200. The SMILES string of the molecule is CCC(CCCCCN=[N+]=[N-])OC(=O)N(C)Cc1ccc(-c2cc(-c3nc(-c4ccc(S(=O)(=O)C(C)C)cc4)cnc3N)on2)cc1.CCCCCCC(CC)OC(=O)N(C)Cc1ccc(-c2cc(-c3nc(-c4ccc(S(=O)(=O)C(C)C)cc4)cnc3N)on2)cc1.O=S=O.O=S=O. The quantitative estimate of drug-likeness (QED) is 0.0190. The van der Waals surface area contributed by atoms with E-state index in [-0.39, 0.29) is 45.8 Å². The van der Waals surface area contributed by atoms with E-state index in [4.69, 9.17) is 52.4 Å². The maximum atomic E-state index is 12.7. The van der Waals surface area contributed by atoms with Crippen LogP contribution in [0.2, 0.25) is 0 Å². The lowest BCUT2D eigenvalue weighted by atomic mass is 10.1. The molecule has 2 atom stereocenters. The summed E-state index contributed by atoms with van der Waals surface area (Å²) in [5.41, 5.74) is 28.3. The first-order valence-electron chi connectivity index (χ1n) is 31.6. The second kappa shape index (κ2) is 39.6. The molecule has 2 unspecified atom stereocenters.